The van der Waals surface area contributed by atoms with E-state index in [2.05, 4.69) is 37.9 Å². The van der Waals surface area contributed by atoms with Crippen LogP contribution in [0.5, 0.6) is 0 Å². The molecular weight excluding hydrogens is 240 g/mol. The molecule has 1 unspecified atom stereocenters. The van der Waals surface area contributed by atoms with Crippen LogP contribution in [-0.4, -0.2) is 62.5 Å². The van der Waals surface area contributed by atoms with Gasteiger partial charge in [0, 0.05) is 43.2 Å². The smallest absolute Gasteiger partial charge is 0.0645 e. The lowest BCUT2D eigenvalue weighted by Gasteiger charge is -2.46. The molecule has 2 rings (SSSR count). The third-order valence-electron chi connectivity index (χ3n) is 4.41. The number of nitrogens with zero attached hydrogens (tertiary/aromatic N) is 1. The standard InChI is InChI=1S/C15H30N2O2/c1-13(2)16-9-15(5-7-18-12-15)10-17-6-8-19-11-14(17,3)4/h13,16H,5-12H2,1-4H3. The first-order valence-corrected chi connectivity index (χ1v) is 7.58. The lowest BCUT2D eigenvalue weighted by molar-refractivity contribution is -0.0689. The summed E-state index contributed by atoms with van der Waals surface area (Å²) in [7, 11) is 0. The van der Waals surface area contributed by atoms with E-state index in [4.69, 9.17) is 9.47 Å². The molecule has 0 spiro atoms. The molecule has 2 aliphatic rings. The van der Waals surface area contributed by atoms with Gasteiger partial charge in [0.15, 0.2) is 0 Å². The second-order valence-corrected chi connectivity index (χ2v) is 7.12. The Labute approximate surface area is 117 Å². The summed E-state index contributed by atoms with van der Waals surface area (Å²) < 4.78 is 11.3. The first-order chi connectivity index (χ1) is 8.94. The minimum absolute atomic E-state index is 0.145. The Morgan fingerprint density at radius 2 is 1.89 bits per heavy atom. The van der Waals surface area contributed by atoms with E-state index in [1.54, 1.807) is 0 Å². The van der Waals surface area contributed by atoms with E-state index >= 15 is 0 Å². The molecule has 0 radical (unpaired) electrons. The maximum Gasteiger partial charge on any atom is 0.0645 e. The van der Waals surface area contributed by atoms with Crippen LogP contribution in [0.2, 0.25) is 0 Å². The Balaban J connectivity index is 1.99. The van der Waals surface area contributed by atoms with Crippen LogP contribution in [0.25, 0.3) is 0 Å². The van der Waals surface area contributed by atoms with Gasteiger partial charge in [-0.25, -0.2) is 0 Å². The van der Waals surface area contributed by atoms with Crippen LogP contribution >= 0.6 is 0 Å². The van der Waals surface area contributed by atoms with E-state index in [9.17, 15) is 0 Å². The van der Waals surface area contributed by atoms with Gasteiger partial charge in [0.2, 0.25) is 0 Å². The van der Waals surface area contributed by atoms with Crippen molar-refractivity contribution in [2.24, 2.45) is 5.41 Å². The molecule has 0 aromatic heterocycles. The molecule has 4 nitrogen and oxygen atoms in total. The highest BCUT2D eigenvalue weighted by Crippen LogP contribution is 2.32. The van der Waals surface area contributed by atoms with Gasteiger partial charge >= 0.3 is 0 Å². The SMILES string of the molecule is CC(C)NCC1(CN2CCOCC2(C)C)CCOC1. The molecule has 19 heavy (non-hydrogen) atoms. The summed E-state index contributed by atoms with van der Waals surface area (Å²) in [4.78, 5) is 2.59. The zero-order valence-corrected chi connectivity index (χ0v) is 13.0. The van der Waals surface area contributed by atoms with E-state index in [0.29, 0.717) is 6.04 Å². The first-order valence-electron chi connectivity index (χ1n) is 7.58. The lowest BCUT2D eigenvalue weighted by atomic mass is 9.84. The Morgan fingerprint density at radius 1 is 1.16 bits per heavy atom. The Morgan fingerprint density at radius 3 is 2.47 bits per heavy atom. The van der Waals surface area contributed by atoms with Gasteiger partial charge in [-0.1, -0.05) is 13.8 Å². The van der Waals surface area contributed by atoms with Crippen molar-refractivity contribution in [2.45, 2.75) is 45.7 Å². The summed E-state index contributed by atoms with van der Waals surface area (Å²) >= 11 is 0. The molecule has 0 amide bonds. The van der Waals surface area contributed by atoms with Crippen LogP contribution in [0.1, 0.15) is 34.1 Å². The van der Waals surface area contributed by atoms with E-state index < -0.39 is 0 Å². The predicted molar refractivity (Wildman–Crippen MR) is 77.5 cm³/mol. The minimum Gasteiger partial charge on any atom is -0.381 e. The largest absolute Gasteiger partial charge is 0.381 e. The maximum absolute atomic E-state index is 5.70. The number of morpholine rings is 1. The summed E-state index contributed by atoms with van der Waals surface area (Å²) in [6, 6.07) is 0.537. The van der Waals surface area contributed by atoms with Crippen molar-refractivity contribution in [1.82, 2.24) is 10.2 Å². The monoisotopic (exact) mass is 270 g/mol. The van der Waals surface area contributed by atoms with Crippen molar-refractivity contribution >= 4 is 0 Å². The Bertz CT molecular complexity index is 286. The Hall–Kier alpha value is -0.160. The van der Waals surface area contributed by atoms with E-state index in [-0.39, 0.29) is 11.0 Å². The van der Waals surface area contributed by atoms with Crippen molar-refractivity contribution in [3.05, 3.63) is 0 Å². The lowest BCUT2D eigenvalue weighted by Crippen LogP contribution is -2.58. The highest BCUT2D eigenvalue weighted by Gasteiger charge is 2.41. The zero-order chi connectivity index (χ0) is 13.9. The fourth-order valence-corrected chi connectivity index (χ4v) is 2.98. The molecule has 0 aliphatic carbocycles. The average Bonchev–Trinajstić information content (AvgIpc) is 2.79. The fourth-order valence-electron chi connectivity index (χ4n) is 2.98. The van der Waals surface area contributed by atoms with Crippen LogP contribution in [0.3, 0.4) is 0 Å². The number of hydrogen-bond donors (Lipinski definition) is 1. The molecule has 1 atom stereocenters. The molecule has 2 heterocycles. The molecule has 4 heteroatoms. The van der Waals surface area contributed by atoms with Crippen LogP contribution in [0.4, 0.5) is 0 Å². The van der Waals surface area contributed by atoms with Crippen LogP contribution in [0.15, 0.2) is 0 Å². The molecule has 112 valence electrons. The van der Waals surface area contributed by atoms with E-state index in [1.807, 2.05) is 0 Å². The highest BCUT2D eigenvalue weighted by molar-refractivity contribution is 4.94. The first kappa shape index (κ1) is 15.2. The van der Waals surface area contributed by atoms with Crippen molar-refractivity contribution in [1.29, 1.82) is 0 Å². The molecule has 2 saturated heterocycles. The second kappa shape index (κ2) is 6.08. The van der Waals surface area contributed by atoms with Crippen molar-refractivity contribution in [3.8, 4) is 0 Å². The zero-order valence-electron chi connectivity index (χ0n) is 13.0. The third-order valence-corrected chi connectivity index (χ3v) is 4.41. The quantitative estimate of drug-likeness (QED) is 0.821. The van der Waals surface area contributed by atoms with Crippen LogP contribution < -0.4 is 5.32 Å². The molecule has 1 N–H and O–H groups in total. The second-order valence-electron chi connectivity index (χ2n) is 7.12. The normalized spacial score (nSPS) is 32.1. The van der Waals surface area contributed by atoms with Crippen molar-refractivity contribution in [3.63, 3.8) is 0 Å². The summed E-state index contributed by atoms with van der Waals surface area (Å²) in [6.45, 7) is 15.7. The van der Waals surface area contributed by atoms with E-state index in [0.717, 1.165) is 46.1 Å². The molecule has 0 aromatic rings. The van der Waals surface area contributed by atoms with Gasteiger partial charge in [-0.2, -0.15) is 0 Å². The van der Waals surface area contributed by atoms with Crippen LogP contribution in [-0.2, 0) is 9.47 Å². The molecule has 2 aliphatic heterocycles. The van der Waals surface area contributed by atoms with Gasteiger partial charge in [-0.3, -0.25) is 4.90 Å². The van der Waals surface area contributed by atoms with E-state index in [1.165, 1.54) is 6.42 Å². The third kappa shape index (κ3) is 3.91. The number of rotatable bonds is 5. The van der Waals surface area contributed by atoms with Gasteiger partial charge in [0.25, 0.3) is 0 Å². The summed E-state index contributed by atoms with van der Waals surface area (Å²) in [5, 5.41) is 3.61. The van der Waals surface area contributed by atoms with Gasteiger partial charge < -0.3 is 14.8 Å². The highest BCUT2D eigenvalue weighted by atomic mass is 16.5. The summed E-state index contributed by atoms with van der Waals surface area (Å²) in [5.41, 5.74) is 0.421. The van der Waals surface area contributed by atoms with Crippen molar-refractivity contribution in [2.75, 3.05) is 46.1 Å². The Kier molecular flexibility index (Phi) is 4.88. The molecule has 0 aromatic carbocycles. The van der Waals surface area contributed by atoms with Gasteiger partial charge in [-0.15, -0.1) is 0 Å². The fraction of sp³-hybridized carbons (Fsp3) is 1.00. The summed E-state index contributed by atoms with van der Waals surface area (Å²) in [5.74, 6) is 0. The number of hydrogen-bond acceptors (Lipinski definition) is 4. The number of nitrogens with one attached hydrogen (secondary N) is 1. The van der Waals surface area contributed by atoms with Gasteiger partial charge in [0.05, 0.1) is 19.8 Å². The predicted octanol–water partition coefficient (Wildman–Crippen LogP) is 1.50. The van der Waals surface area contributed by atoms with Crippen molar-refractivity contribution < 1.29 is 9.47 Å². The molecule has 0 bridgehead atoms. The topological polar surface area (TPSA) is 33.7 Å². The van der Waals surface area contributed by atoms with Crippen LogP contribution in [0, 0.1) is 5.41 Å². The van der Waals surface area contributed by atoms with Gasteiger partial charge in [0.1, 0.15) is 0 Å². The number of ether oxygens (including phenoxy) is 2. The minimum atomic E-state index is 0.145. The average molecular weight is 270 g/mol. The molecule has 2 fully saturated rings. The van der Waals surface area contributed by atoms with Gasteiger partial charge in [-0.05, 0) is 20.3 Å². The maximum atomic E-state index is 5.70. The molecular formula is C15H30N2O2. The summed E-state index contributed by atoms with van der Waals surface area (Å²) in [6.07, 6.45) is 1.17. The molecule has 0 saturated carbocycles.